The summed E-state index contributed by atoms with van der Waals surface area (Å²) >= 11 is 2.12. The number of alkyl halides is 1. The van der Waals surface area contributed by atoms with Crippen LogP contribution in [-0.2, 0) is 14.3 Å². The van der Waals surface area contributed by atoms with Crippen molar-refractivity contribution in [3.8, 4) is 0 Å². The summed E-state index contributed by atoms with van der Waals surface area (Å²) in [6.45, 7) is 6.54. The molecule has 2 N–H and O–H groups in total. The van der Waals surface area contributed by atoms with Gasteiger partial charge in [-0.15, -0.1) is 0 Å². The van der Waals surface area contributed by atoms with E-state index in [1.807, 2.05) is 0 Å². The van der Waals surface area contributed by atoms with E-state index in [9.17, 15) is 9.59 Å². The Balaban J connectivity index is 3.60. The zero-order chi connectivity index (χ0) is 17.2. The van der Waals surface area contributed by atoms with Gasteiger partial charge in [0.25, 0.3) is 0 Å². The SMILES string of the molecule is CC(C)(CCCCOCCCCC(C)(CI)C(=O)O)C(=O)O. The first-order valence-electron chi connectivity index (χ1n) is 7.76. The molecule has 0 amide bonds. The maximum absolute atomic E-state index is 11.1. The quantitative estimate of drug-likeness (QED) is 0.263. The topological polar surface area (TPSA) is 83.8 Å². The highest BCUT2D eigenvalue weighted by molar-refractivity contribution is 14.1. The van der Waals surface area contributed by atoms with Gasteiger partial charge in [-0.25, -0.2) is 0 Å². The molecule has 0 aliphatic heterocycles. The van der Waals surface area contributed by atoms with Gasteiger partial charge in [-0.3, -0.25) is 9.59 Å². The van der Waals surface area contributed by atoms with Crippen molar-refractivity contribution in [1.29, 1.82) is 0 Å². The van der Waals surface area contributed by atoms with Crippen molar-refractivity contribution in [2.24, 2.45) is 10.8 Å². The highest BCUT2D eigenvalue weighted by Gasteiger charge is 2.31. The number of hydrogen-bond donors (Lipinski definition) is 2. The third-order valence-corrected chi connectivity index (χ3v) is 5.68. The Bertz CT molecular complexity index is 356. The Morgan fingerprint density at radius 2 is 1.41 bits per heavy atom. The lowest BCUT2D eigenvalue weighted by atomic mass is 9.87. The Labute approximate surface area is 147 Å². The maximum Gasteiger partial charge on any atom is 0.310 e. The van der Waals surface area contributed by atoms with Gasteiger partial charge in [-0.2, -0.15) is 0 Å². The molecule has 22 heavy (non-hydrogen) atoms. The van der Waals surface area contributed by atoms with E-state index in [0.717, 1.165) is 25.7 Å². The maximum atomic E-state index is 11.1. The number of rotatable bonds is 13. The van der Waals surface area contributed by atoms with Crippen LogP contribution in [-0.4, -0.2) is 39.8 Å². The molecule has 0 heterocycles. The number of hydrogen-bond acceptors (Lipinski definition) is 3. The van der Waals surface area contributed by atoms with E-state index in [0.29, 0.717) is 30.5 Å². The van der Waals surface area contributed by atoms with E-state index in [4.69, 9.17) is 14.9 Å². The molecule has 1 unspecified atom stereocenters. The molecule has 0 aliphatic rings. The minimum Gasteiger partial charge on any atom is -0.481 e. The summed E-state index contributed by atoms with van der Waals surface area (Å²) in [4.78, 5) is 22.1. The van der Waals surface area contributed by atoms with Crippen molar-refractivity contribution in [2.45, 2.75) is 59.3 Å². The van der Waals surface area contributed by atoms with Crippen LogP contribution in [0.25, 0.3) is 0 Å². The molecule has 0 aromatic heterocycles. The summed E-state index contributed by atoms with van der Waals surface area (Å²) < 4.78 is 6.13. The molecule has 0 aromatic rings. The van der Waals surface area contributed by atoms with Crippen LogP contribution in [0.15, 0.2) is 0 Å². The van der Waals surface area contributed by atoms with E-state index in [-0.39, 0.29) is 0 Å². The first kappa shape index (κ1) is 21.6. The number of ether oxygens (including phenoxy) is 1. The van der Waals surface area contributed by atoms with Crippen molar-refractivity contribution in [2.75, 3.05) is 17.6 Å². The molecule has 5 nitrogen and oxygen atoms in total. The molecular formula is C16H29IO5. The van der Waals surface area contributed by atoms with Crippen LogP contribution >= 0.6 is 22.6 Å². The molecule has 0 aromatic carbocycles. The van der Waals surface area contributed by atoms with Crippen molar-refractivity contribution in [3.05, 3.63) is 0 Å². The van der Waals surface area contributed by atoms with Gasteiger partial charge in [-0.1, -0.05) is 35.4 Å². The number of carboxylic acids is 2. The summed E-state index contributed by atoms with van der Waals surface area (Å²) in [5.74, 6) is -1.49. The lowest BCUT2D eigenvalue weighted by molar-refractivity contribution is -0.148. The van der Waals surface area contributed by atoms with Gasteiger partial charge in [0.2, 0.25) is 0 Å². The van der Waals surface area contributed by atoms with Crippen LogP contribution in [0.2, 0.25) is 0 Å². The standard InChI is InChI=1S/C16H29IO5/c1-15(2,13(18)19)8-4-6-10-22-11-7-5-9-16(3,12-17)14(20)21/h4-12H2,1-3H3,(H,18,19)(H,20,21). The van der Waals surface area contributed by atoms with Crippen molar-refractivity contribution >= 4 is 34.5 Å². The van der Waals surface area contributed by atoms with E-state index >= 15 is 0 Å². The Hall–Kier alpha value is -0.370. The molecule has 0 aliphatic carbocycles. The van der Waals surface area contributed by atoms with Crippen LogP contribution in [0.5, 0.6) is 0 Å². The molecule has 0 fully saturated rings. The molecule has 6 heteroatoms. The fourth-order valence-corrected chi connectivity index (χ4v) is 2.64. The third kappa shape index (κ3) is 8.31. The lowest BCUT2D eigenvalue weighted by Crippen LogP contribution is -2.29. The molecular weight excluding hydrogens is 399 g/mol. The van der Waals surface area contributed by atoms with E-state index in [1.165, 1.54) is 0 Å². The predicted molar refractivity (Wildman–Crippen MR) is 94.6 cm³/mol. The second-order valence-corrected chi connectivity index (χ2v) is 7.48. The number of carboxylic acid groups (broad SMARTS) is 2. The van der Waals surface area contributed by atoms with Crippen LogP contribution in [0.4, 0.5) is 0 Å². The van der Waals surface area contributed by atoms with Gasteiger partial charge >= 0.3 is 11.9 Å². The van der Waals surface area contributed by atoms with Crippen LogP contribution in [0, 0.1) is 10.8 Å². The minimum atomic E-state index is -0.759. The zero-order valence-corrected chi connectivity index (χ0v) is 16.0. The van der Waals surface area contributed by atoms with E-state index in [1.54, 1.807) is 20.8 Å². The first-order chi connectivity index (χ1) is 10.2. The second-order valence-electron chi connectivity index (χ2n) is 6.72. The van der Waals surface area contributed by atoms with Crippen molar-refractivity contribution < 1.29 is 24.5 Å². The minimum absolute atomic E-state index is 0.611. The fraction of sp³-hybridized carbons (Fsp3) is 0.875. The van der Waals surface area contributed by atoms with E-state index < -0.39 is 22.8 Å². The van der Waals surface area contributed by atoms with Gasteiger partial charge in [0.15, 0.2) is 0 Å². The normalized spacial score (nSPS) is 14.5. The second kappa shape index (κ2) is 10.4. The molecule has 0 saturated heterocycles. The summed E-state index contributed by atoms with van der Waals surface area (Å²) in [5, 5.41) is 18.2. The van der Waals surface area contributed by atoms with Crippen molar-refractivity contribution in [3.63, 3.8) is 0 Å². The van der Waals surface area contributed by atoms with Gasteiger partial charge in [0.05, 0.1) is 10.8 Å². The Morgan fingerprint density at radius 1 is 0.909 bits per heavy atom. The number of unbranched alkanes of at least 4 members (excludes halogenated alkanes) is 2. The van der Waals surface area contributed by atoms with Gasteiger partial charge in [0, 0.05) is 17.6 Å². The predicted octanol–water partition coefficient (Wildman–Crippen LogP) is 3.98. The highest BCUT2D eigenvalue weighted by atomic mass is 127. The molecule has 0 spiro atoms. The first-order valence-corrected chi connectivity index (χ1v) is 9.29. The molecule has 130 valence electrons. The smallest absolute Gasteiger partial charge is 0.310 e. The summed E-state index contributed by atoms with van der Waals surface area (Å²) in [7, 11) is 0. The zero-order valence-electron chi connectivity index (χ0n) is 13.9. The summed E-state index contributed by atoms with van der Waals surface area (Å²) in [6.07, 6.45) is 4.72. The largest absolute Gasteiger partial charge is 0.481 e. The lowest BCUT2D eigenvalue weighted by Gasteiger charge is -2.21. The van der Waals surface area contributed by atoms with Crippen LogP contribution in [0.1, 0.15) is 59.3 Å². The fourth-order valence-electron chi connectivity index (χ4n) is 1.93. The Kier molecular flexibility index (Phi) is 10.2. The van der Waals surface area contributed by atoms with Crippen molar-refractivity contribution in [1.82, 2.24) is 0 Å². The summed E-state index contributed by atoms with van der Waals surface area (Å²) in [5.41, 5.74) is -1.30. The number of carbonyl (C=O) groups is 2. The third-order valence-electron chi connectivity index (χ3n) is 4.00. The van der Waals surface area contributed by atoms with Crippen LogP contribution < -0.4 is 0 Å². The van der Waals surface area contributed by atoms with E-state index in [2.05, 4.69) is 22.6 Å². The van der Waals surface area contributed by atoms with Gasteiger partial charge < -0.3 is 14.9 Å². The average Bonchev–Trinajstić information content (AvgIpc) is 2.44. The molecule has 0 bridgehead atoms. The molecule has 0 saturated carbocycles. The van der Waals surface area contributed by atoms with Crippen LogP contribution in [0.3, 0.4) is 0 Å². The number of halogens is 1. The average molecular weight is 428 g/mol. The number of aliphatic carboxylic acids is 2. The highest BCUT2D eigenvalue weighted by Crippen LogP contribution is 2.27. The molecule has 1 atom stereocenters. The monoisotopic (exact) mass is 428 g/mol. The molecule has 0 radical (unpaired) electrons. The molecule has 0 rings (SSSR count). The van der Waals surface area contributed by atoms with Gasteiger partial charge in [-0.05, 0) is 46.5 Å². The Morgan fingerprint density at radius 3 is 1.82 bits per heavy atom. The van der Waals surface area contributed by atoms with Gasteiger partial charge in [0.1, 0.15) is 0 Å². The summed E-state index contributed by atoms with van der Waals surface area (Å²) in [6, 6.07) is 0.